The Hall–Kier alpha value is -2.73. The van der Waals surface area contributed by atoms with Gasteiger partial charge in [-0.15, -0.1) is 0 Å². The largest absolute Gasteiger partial charge is 0.472 e. The summed E-state index contributed by atoms with van der Waals surface area (Å²) in [7, 11) is -5.70. The van der Waals surface area contributed by atoms with Crippen molar-refractivity contribution in [1.29, 1.82) is 0 Å². The van der Waals surface area contributed by atoms with Gasteiger partial charge < -0.3 is 20.1 Å². The molecule has 3 rings (SSSR count). The van der Waals surface area contributed by atoms with Gasteiger partial charge in [0, 0.05) is 0 Å². The Morgan fingerprint density at radius 1 is 1.29 bits per heavy atom. The van der Waals surface area contributed by atoms with Gasteiger partial charge in [-0.1, -0.05) is 30.3 Å². The van der Waals surface area contributed by atoms with Gasteiger partial charge in [-0.05, 0) is 5.56 Å². The molecular formula is C14H13F3N5O5P. The minimum Gasteiger partial charge on any atom is -0.369 e. The standard InChI is InChI=1S/C14H13F3N5O5P/c15-12(16)14(17,27-28(24,25)26)9(7-4-2-1-3-5-7)22-6-19-8-10(22)20-13(18)21-11(8)23/h1-6,9,12H,(H2,24,25,26)(H3,18,20,21,23). The van der Waals surface area contributed by atoms with Crippen molar-refractivity contribution in [2.75, 3.05) is 5.73 Å². The first kappa shape index (κ1) is 20.0. The van der Waals surface area contributed by atoms with Crippen molar-refractivity contribution in [3.05, 3.63) is 52.6 Å². The Morgan fingerprint density at radius 3 is 2.50 bits per heavy atom. The highest BCUT2D eigenvalue weighted by atomic mass is 31.2. The molecule has 0 aliphatic heterocycles. The summed E-state index contributed by atoms with van der Waals surface area (Å²) in [5.74, 6) is -4.60. The highest BCUT2D eigenvalue weighted by Gasteiger charge is 2.55. The summed E-state index contributed by atoms with van der Waals surface area (Å²) in [5, 5.41) is 0. The lowest BCUT2D eigenvalue weighted by molar-refractivity contribution is -0.195. The minimum absolute atomic E-state index is 0.154. The first-order valence-electron chi connectivity index (χ1n) is 7.53. The summed E-state index contributed by atoms with van der Waals surface area (Å²) in [4.78, 5) is 39.6. The van der Waals surface area contributed by atoms with Crippen molar-refractivity contribution >= 4 is 24.9 Å². The van der Waals surface area contributed by atoms with Crippen LogP contribution in [0.3, 0.4) is 0 Å². The maximum absolute atomic E-state index is 15.4. The molecule has 150 valence electrons. The van der Waals surface area contributed by atoms with E-state index in [1.807, 2.05) is 0 Å². The van der Waals surface area contributed by atoms with Gasteiger partial charge in [-0.3, -0.25) is 9.78 Å². The molecule has 2 atom stereocenters. The number of halogens is 3. The number of nitrogens with two attached hydrogens (primary N) is 1. The average Bonchev–Trinajstić information content (AvgIpc) is 2.98. The molecule has 0 bridgehead atoms. The second kappa shape index (κ2) is 7.02. The number of alkyl halides is 3. The van der Waals surface area contributed by atoms with Gasteiger partial charge in [0.2, 0.25) is 5.95 Å². The smallest absolute Gasteiger partial charge is 0.369 e. The number of hydrogen-bond acceptors (Lipinski definition) is 6. The van der Waals surface area contributed by atoms with Gasteiger partial charge in [0.15, 0.2) is 11.2 Å². The first-order valence-corrected chi connectivity index (χ1v) is 9.06. The van der Waals surface area contributed by atoms with Crippen LogP contribution in [0.2, 0.25) is 0 Å². The van der Waals surface area contributed by atoms with Gasteiger partial charge in [0.25, 0.3) is 12.0 Å². The van der Waals surface area contributed by atoms with Crippen LogP contribution in [0.5, 0.6) is 0 Å². The molecule has 0 aliphatic rings. The summed E-state index contributed by atoms with van der Waals surface area (Å²) in [6.45, 7) is 0. The van der Waals surface area contributed by atoms with Crippen LogP contribution in [0.4, 0.5) is 19.1 Å². The Labute approximate surface area is 154 Å². The third kappa shape index (κ3) is 3.64. The average molecular weight is 419 g/mol. The van der Waals surface area contributed by atoms with Crippen molar-refractivity contribution in [2.45, 2.75) is 18.3 Å². The molecule has 0 saturated carbocycles. The second-order valence-corrected chi connectivity index (χ2v) is 6.83. The Bertz CT molecular complexity index is 1100. The maximum Gasteiger partial charge on any atom is 0.472 e. The lowest BCUT2D eigenvalue weighted by atomic mass is 9.99. The molecule has 14 heteroatoms. The van der Waals surface area contributed by atoms with Crippen molar-refractivity contribution < 1.29 is 32.0 Å². The molecule has 3 aromatic rings. The van der Waals surface area contributed by atoms with Crippen LogP contribution in [0.1, 0.15) is 11.6 Å². The van der Waals surface area contributed by atoms with Gasteiger partial charge in [-0.25, -0.2) is 27.2 Å². The number of benzene rings is 1. The Kier molecular flexibility index (Phi) is 5.02. The van der Waals surface area contributed by atoms with E-state index >= 15 is 4.39 Å². The molecule has 10 nitrogen and oxygen atoms in total. The number of nitrogen functional groups attached to an aromatic ring is 1. The monoisotopic (exact) mass is 419 g/mol. The van der Waals surface area contributed by atoms with Crippen LogP contribution < -0.4 is 11.3 Å². The maximum atomic E-state index is 15.4. The molecule has 0 radical (unpaired) electrons. The van der Waals surface area contributed by atoms with Crippen LogP contribution in [0.15, 0.2) is 41.5 Å². The molecular weight excluding hydrogens is 406 g/mol. The normalized spacial score (nSPS) is 15.6. The van der Waals surface area contributed by atoms with Crippen LogP contribution in [-0.4, -0.2) is 41.6 Å². The molecule has 28 heavy (non-hydrogen) atoms. The molecule has 0 aliphatic carbocycles. The van der Waals surface area contributed by atoms with Crippen LogP contribution in [0, 0.1) is 0 Å². The zero-order valence-electron chi connectivity index (χ0n) is 13.7. The molecule has 2 heterocycles. The lowest BCUT2D eigenvalue weighted by Crippen LogP contribution is -2.44. The lowest BCUT2D eigenvalue weighted by Gasteiger charge is -2.33. The van der Waals surface area contributed by atoms with Crippen LogP contribution in [0.25, 0.3) is 11.2 Å². The fourth-order valence-electron chi connectivity index (χ4n) is 2.74. The molecule has 0 fully saturated rings. The topological polar surface area (TPSA) is 156 Å². The fraction of sp³-hybridized carbons (Fsp3) is 0.214. The van der Waals surface area contributed by atoms with Crippen molar-refractivity contribution in [3.63, 3.8) is 0 Å². The fourth-order valence-corrected chi connectivity index (χ4v) is 3.28. The second-order valence-electron chi connectivity index (χ2n) is 5.67. The number of nitrogens with zero attached hydrogens (tertiary/aromatic N) is 3. The van der Waals surface area contributed by atoms with E-state index in [1.54, 1.807) is 0 Å². The zero-order chi connectivity index (χ0) is 20.7. The number of imidazole rings is 1. The molecule has 0 amide bonds. The highest BCUT2D eigenvalue weighted by molar-refractivity contribution is 7.46. The molecule has 0 saturated heterocycles. The number of rotatable bonds is 6. The predicted octanol–water partition coefficient (Wildman–Crippen LogP) is 1.33. The summed E-state index contributed by atoms with van der Waals surface area (Å²) >= 11 is 0. The molecule has 0 spiro atoms. The third-order valence-electron chi connectivity index (χ3n) is 3.77. The number of hydrogen-bond donors (Lipinski definition) is 4. The van der Waals surface area contributed by atoms with Gasteiger partial charge in [0.05, 0.1) is 6.33 Å². The molecule has 5 N–H and O–H groups in total. The number of aromatic nitrogens is 4. The van der Waals surface area contributed by atoms with E-state index in [4.69, 9.17) is 15.5 Å². The predicted molar refractivity (Wildman–Crippen MR) is 90.1 cm³/mol. The highest BCUT2D eigenvalue weighted by Crippen LogP contribution is 2.50. The Morgan fingerprint density at radius 2 is 1.93 bits per heavy atom. The van der Waals surface area contributed by atoms with Crippen LogP contribution in [-0.2, 0) is 9.09 Å². The summed E-state index contributed by atoms with van der Waals surface area (Å²) in [5.41, 5.74) is 3.76. The van der Waals surface area contributed by atoms with E-state index in [0.717, 1.165) is 6.33 Å². The van der Waals surface area contributed by atoms with E-state index in [-0.39, 0.29) is 16.7 Å². The first-order chi connectivity index (χ1) is 13.0. The number of anilines is 1. The van der Waals surface area contributed by atoms with E-state index in [9.17, 15) is 18.1 Å². The molecule has 2 aromatic heterocycles. The quantitative estimate of drug-likeness (QED) is 0.436. The number of phosphoric ester groups is 1. The van der Waals surface area contributed by atoms with E-state index in [2.05, 4.69) is 19.5 Å². The Balaban J connectivity index is 2.33. The van der Waals surface area contributed by atoms with Gasteiger partial charge >= 0.3 is 13.7 Å². The number of H-pyrrole nitrogens is 1. The summed E-state index contributed by atoms with van der Waals surface area (Å²) in [6.07, 6.45) is -3.17. The number of aromatic amines is 1. The van der Waals surface area contributed by atoms with Gasteiger partial charge in [0.1, 0.15) is 6.04 Å². The summed E-state index contributed by atoms with van der Waals surface area (Å²) in [6, 6.07) is 4.58. The number of fused-ring (bicyclic) bond motifs is 1. The van der Waals surface area contributed by atoms with E-state index in [1.165, 1.54) is 30.3 Å². The van der Waals surface area contributed by atoms with Crippen LogP contribution >= 0.6 is 7.82 Å². The number of phosphoric acid groups is 1. The molecule has 2 unspecified atom stereocenters. The van der Waals surface area contributed by atoms with Crippen molar-refractivity contribution in [2.24, 2.45) is 0 Å². The van der Waals surface area contributed by atoms with E-state index in [0.29, 0.717) is 4.57 Å². The number of nitrogens with one attached hydrogen (secondary N) is 1. The van der Waals surface area contributed by atoms with E-state index < -0.39 is 37.7 Å². The third-order valence-corrected chi connectivity index (χ3v) is 4.29. The van der Waals surface area contributed by atoms with Crippen molar-refractivity contribution in [3.8, 4) is 0 Å². The van der Waals surface area contributed by atoms with Crippen molar-refractivity contribution in [1.82, 2.24) is 19.5 Å². The summed E-state index contributed by atoms with van der Waals surface area (Å²) < 4.78 is 58.6. The molecule has 1 aromatic carbocycles. The zero-order valence-corrected chi connectivity index (χ0v) is 14.6. The SMILES string of the molecule is Nc1nc2c(ncn2C(c2ccccc2)C(F)(OP(=O)(O)O)C(F)F)c(=O)[nH]1. The minimum atomic E-state index is -5.70. The van der Waals surface area contributed by atoms with Gasteiger partial charge in [-0.2, -0.15) is 4.98 Å².